The molecule has 0 bridgehead atoms. The quantitative estimate of drug-likeness (QED) is 0.772. The van der Waals surface area contributed by atoms with Crippen molar-refractivity contribution in [2.24, 2.45) is 11.8 Å². The molecule has 0 aliphatic heterocycles. The van der Waals surface area contributed by atoms with Gasteiger partial charge in [-0.15, -0.1) is 0 Å². The second-order valence-electron chi connectivity index (χ2n) is 5.08. The summed E-state index contributed by atoms with van der Waals surface area (Å²) >= 11 is 3.72. The summed E-state index contributed by atoms with van der Waals surface area (Å²) in [7, 11) is 0. The van der Waals surface area contributed by atoms with Crippen LogP contribution in [0.15, 0.2) is 0 Å². The molecule has 1 fully saturated rings. The van der Waals surface area contributed by atoms with Gasteiger partial charge in [-0.1, -0.05) is 49.0 Å². The zero-order valence-corrected chi connectivity index (χ0v) is 12.1. The van der Waals surface area contributed by atoms with Crippen LogP contribution in [-0.4, -0.2) is 17.3 Å². The largest absolute Gasteiger partial charge is 0.356 e. The number of alkyl halides is 1. The van der Waals surface area contributed by atoms with Gasteiger partial charge in [-0.2, -0.15) is 0 Å². The Labute approximate surface area is 108 Å². The maximum Gasteiger partial charge on any atom is 0.220 e. The van der Waals surface area contributed by atoms with Crippen LogP contribution in [0.5, 0.6) is 0 Å². The van der Waals surface area contributed by atoms with Crippen molar-refractivity contribution in [3.8, 4) is 0 Å². The highest BCUT2D eigenvalue weighted by Gasteiger charge is 2.23. The van der Waals surface area contributed by atoms with Gasteiger partial charge >= 0.3 is 0 Å². The highest BCUT2D eigenvalue weighted by Crippen LogP contribution is 2.29. The summed E-state index contributed by atoms with van der Waals surface area (Å²) in [6.07, 6.45) is 6.90. The Kier molecular flexibility index (Phi) is 6.40. The van der Waals surface area contributed by atoms with E-state index in [0.717, 1.165) is 13.0 Å². The lowest BCUT2D eigenvalue weighted by Crippen LogP contribution is -2.35. The molecule has 0 spiro atoms. The third-order valence-electron chi connectivity index (χ3n) is 3.61. The molecule has 1 aliphatic rings. The molecule has 0 saturated heterocycles. The minimum Gasteiger partial charge on any atom is -0.356 e. The van der Waals surface area contributed by atoms with Crippen molar-refractivity contribution in [2.45, 2.75) is 57.2 Å². The highest BCUT2D eigenvalue weighted by molar-refractivity contribution is 9.09. The van der Waals surface area contributed by atoms with E-state index in [1.165, 1.54) is 25.7 Å². The number of halogens is 1. The van der Waals surface area contributed by atoms with Gasteiger partial charge in [0.2, 0.25) is 5.91 Å². The van der Waals surface area contributed by atoms with Gasteiger partial charge in [-0.3, -0.25) is 4.79 Å². The summed E-state index contributed by atoms with van der Waals surface area (Å²) in [5, 5.41) is 3.08. The van der Waals surface area contributed by atoms with E-state index in [2.05, 4.69) is 35.1 Å². The molecule has 0 aromatic heterocycles. The number of hydrogen-bond donors (Lipinski definition) is 1. The normalized spacial score (nSPS) is 27.4. The molecule has 1 aliphatic carbocycles. The van der Waals surface area contributed by atoms with Gasteiger partial charge in [-0.05, 0) is 24.7 Å². The number of nitrogens with one attached hydrogen (secondary N) is 1. The smallest absolute Gasteiger partial charge is 0.220 e. The summed E-state index contributed by atoms with van der Waals surface area (Å²) in [6.45, 7) is 5.12. The average molecular weight is 290 g/mol. The summed E-state index contributed by atoms with van der Waals surface area (Å²) < 4.78 is 0. The van der Waals surface area contributed by atoms with E-state index in [4.69, 9.17) is 0 Å². The predicted octanol–water partition coefficient (Wildman–Crippen LogP) is 3.49. The van der Waals surface area contributed by atoms with Crippen LogP contribution < -0.4 is 5.32 Å². The van der Waals surface area contributed by atoms with Gasteiger partial charge in [0.15, 0.2) is 0 Å². The Morgan fingerprint density at radius 3 is 2.75 bits per heavy atom. The van der Waals surface area contributed by atoms with Crippen molar-refractivity contribution in [1.29, 1.82) is 0 Å². The molecule has 94 valence electrons. The van der Waals surface area contributed by atoms with E-state index in [-0.39, 0.29) is 5.91 Å². The molecule has 0 aromatic rings. The lowest BCUT2D eigenvalue weighted by Gasteiger charge is -2.27. The molecule has 16 heavy (non-hydrogen) atoms. The first-order valence-corrected chi connectivity index (χ1v) is 7.45. The maximum absolute atomic E-state index is 11.6. The Hall–Kier alpha value is -0.0500. The van der Waals surface area contributed by atoms with Gasteiger partial charge in [0, 0.05) is 17.8 Å². The van der Waals surface area contributed by atoms with Crippen LogP contribution >= 0.6 is 15.9 Å². The van der Waals surface area contributed by atoms with E-state index in [0.29, 0.717) is 23.1 Å². The van der Waals surface area contributed by atoms with E-state index in [9.17, 15) is 4.79 Å². The predicted molar refractivity (Wildman–Crippen MR) is 71.8 cm³/mol. The second-order valence-corrected chi connectivity index (χ2v) is 6.26. The number of amides is 1. The van der Waals surface area contributed by atoms with Gasteiger partial charge < -0.3 is 5.32 Å². The minimum absolute atomic E-state index is 0.222. The topological polar surface area (TPSA) is 29.1 Å². The molecule has 1 saturated carbocycles. The number of hydrogen-bond acceptors (Lipinski definition) is 1. The Bertz CT molecular complexity index is 220. The molecule has 1 N–H and O–H groups in total. The van der Waals surface area contributed by atoms with Gasteiger partial charge in [-0.25, -0.2) is 0 Å². The summed E-state index contributed by atoms with van der Waals surface area (Å²) in [6, 6.07) is 0. The van der Waals surface area contributed by atoms with Crippen molar-refractivity contribution in [3.63, 3.8) is 0 Å². The standard InChI is InChI=1S/C13H24BrNO/c1-3-10(2)8-13(16)15-9-11-6-4-5-7-12(11)14/h10-12H,3-9H2,1-2H3,(H,15,16). The fraction of sp³-hybridized carbons (Fsp3) is 0.923. The van der Waals surface area contributed by atoms with Crippen LogP contribution in [-0.2, 0) is 4.79 Å². The van der Waals surface area contributed by atoms with Crippen LogP contribution in [0.25, 0.3) is 0 Å². The molecule has 3 atom stereocenters. The Balaban J connectivity index is 2.20. The van der Waals surface area contributed by atoms with Crippen LogP contribution in [0, 0.1) is 11.8 Å². The molecule has 1 rings (SSSR count). The molecular weight excluding hydrogens is 266 g/mol. The van der Waals surface area contributed by atoms with Crippen molar-refractivity contribution in [2.75, 3.05) is 6.54 Å². The number of carbonyl (C=O) groups is 1. The van der Waals surface area contributed by atoms with Crippen LogP contribution in [0.3, 0.4) is 0 Å². The molecule has 3 heteroatoms. The van der Waals surface area contributed by atoms with Crippen LogP contribution in [0.2, 0.25) is 0 Å². The fourth-order valence-electron chi connectivity index (χ4n) is 2.17. The van der Waals surface area contributed by atoms with Crippen molar-refractivity contribution in [3.05, 3.63) is 0 Å². The minimum atomic E-state index is 0.222. The van der Waals surface area contributed by atoms with Crippen LogP contribution in [0.1, 0.15) is 52.4 Å². The van der Waals surface area contributed by atoms with Gasteiger partial charge in [0.05, 0.1) is 0 Å². The van der Waals surface area contributed by atoms with E-state index < -0.39 is 0 Å². The maximum atomic E-state index is 11.6. The highest BCUT2D eigenvalue weighted by atomic mass is 79.9. The van der Waals surface area contributed by atoms with Crippen molar-refractivity contribution in [1.82, 2.24) is 5.32 Å². The molecule has 0 radical (unpaired) electrons. The zero-order valence-electron chi connectivity index (χ0n) is 10.5. The summed E-state index contributed by atoms with van der Waals surface area (Å²) in [5.41, 5.74) is 0. The zero-order chi connectivity index (χ0) is 12.0. The SMILES string of the molecule is CCC(C)CC(=O)NCC1CCCCC1Br. The third-order valence-corrected chi connectivity index (χ3v) is 4.81. The van der Waals surface area contributed by atoms with E-state index >= 15 is 0 Å². The Morgan fingerprint density at radius 1 is 1.44 bits per heavy atom. The molecule has 1 amide bonds. The summed E-state index contributed by atoms with van der Waals surface area (Å²) in [4.78, 5) is 12.2. The van der Waals surface area contributed by atoms with Crippen LogP contribution in [0.4, 0.5) is 0 Å². The van der Waals surface area contributed by atoms with E-state index in [1.54, 1.807) is 0 Å². The lowest BCUT2D eigenvalue weighted by atomic mass is 9.89. The summed E-state index contributed by atoms with van der Waals surface area (Å²) in [5.74, 6) is 1.36. The first kappa shape index (κ1) is 14.0. The first-order chi connectivity index (χ1) is 7.63. The first-order valence-electron chi connectivity index (χ1n) is 6.54. The lowest BCUT2D eigenvalue weighted by molar-refractivity contribution is -0.122. The molecule has 3 unspecified atom stereocenters. The van der Waals surface area contributed by atoms with Gasteiger partial charge in [0.1, 0.15) is 0 Å². The fourth-order valence-corrected chi connectivity index (χ4v) is 2.95. The van der Waals surface area contributed by atoms with Crippen molar-refractivity contribution >= 4 is 21.8 Å². The van der Waals surface area contributed by atoms with Gasteiger partial charge in [0.25, 0.3) is 0 Å². The second kappa shape index (κ2) is 7.31. The Morgan fingerprint density at radius 2 is 2.12 bits per heavy atom. The monoisotopic (exact) mass is 289 g/mol. The van der Waals surface area contributed by atoms with E-state index in [1.807, 2.05) is 0 Å². The third kappa shape index (κ3) is 4.86. The number of rotatable bonds is 5. The van der Waals surface area contributed by atoms with Crippen molar-refractivity contribution < 1.29 is 4.79 Å². The number of carbonyl (C=O) groups excluding carboxylic acids is 1. The molecular formula is C13H24BrNO. The average Bonchev–Trinajstić information content (AvgIpc) is 2.28. The molecule has 0 heterocycles. The molecule has 2 nitrogen and oxygen atoms in total. The molecule has 0 aromatic carbocycles.